The van der Waals surface area contributed by atoms with Gasteiger partial charge in [0.05, 0.1) is 24.0 Å². The van der Waals surface area contributed by atoms with Crippen molar-refractivity contribution in [1.82, 2.24) is 20.2 Å². The number of carbonyl (C=O) groups is 2. The summed E-state index contributed by atoms with van der Waals surface area (Å²) in [5.74, 6) is -0.662. The molecule has 4 atom stereocenters. The van der Waals surface area contributed by atoms with Gasteiger partial charge in [0, 0.05) is 34.1 Å². The number of likely N-dealkylation sites (tertiary alicyclic amines) is 1. The number of nitrogens with zero attached hydrogens (tertiary/aromatic N) is 2. The minimum atomic E-state index is -0.504. The number of carbonyl (C=O) groups excluding carboxylic acids is 2. The molecular weight excluding hydrogens is 503 g/mol. The summed E-state index contributed by atoms with van der Waals surface area (Å²) in [4.78, 5) is 36.2. The van der Waals surface area contributed by atoms with Gasteiger partial charge < -0.3 is 19.6 Å². The molecule has 1 aromatic carbocycles. The predicted octanol–water partition coefficient (Wildman–Crippen LogP) is 4.68. The molecule has 2 amide bonds. The maximum Gasteiger partial charge on any atom is 0.289 e. The van der Waals surface area contributed by atoms with Gasteiger partial charge in [-0.1, -0.05) is 28.8 Å². The molecule has 2 N–H and O–H groups in total. The number of fused-ring (bicyclic) bond motifs is 3. The molecule has 0 bridgehead atoms. The van der Waals surface area contributed by atoms with Crippen LogP contribution < -0.4 is 5.32 Å². The molecule has 2 aromatic heterocycles. The number of amides is 2. The molecule has 3 aromatic rings. The summed E-state index contributed by atoms with van der Waals surface area (Å²) in [5, 5.41) is 3.82. The summed E-state index contributed by atoms with van der Waals surface area (Å²) in [6.45, 7) is 0.434. The third-order valence-electron chi connectivity index (χ3n) is 7.74. The maximum atomic E-state index is 14.3. The van der Waals surface area contributed by atoms with Crippen molar-refractivity contribution in [3.8, 4) is 0 Å². The van der Waals surface area contributed by atoms with Crippen LogP contribution in [0.1, 0.15) is 66.4 Å². The van der Waals surface area contributed by atoms with Crippen molar-refractivity contribution >= 4 is 38.7 Å². The number of aromatic amines is 1. The van der Waals surface area contributed by atoms with E-state index in [4.69, 9.17) is 4.42 Å². The van der Waals surface area contributed by atoms with Crippen molar-refractivity contribution < 1.29 is 18.4 Å². The Morgan fingerprint density at radius 1 is 1.18 bits per heavy atom. The van der Waals surface area contributed by atoms with E-state index in [2.05, 4.69) is 31.2 Å². The first kappa shape index (κ1) is 21.8. The molecule has 1 saturated heterocycles. The molecule has 9 heteroatoms. The average Bonchev–Trinajstić information content (AvgIpc) is 3.55. The predicted molar refractivity (Wildman–Crippen MR) is 127 cm³/mol. The van der Waals surface area contributed by atoms with Crippen LogP contribution in [0, 0.1) is 11.7 Å². The standard InChI is InChI=1S/C25H26BrFN4O3/c26-14-8-13-9-21(34-23(13)17(27)10-14)25(33)31-11-19(15-4-1-2-7-20(15)31)30-24(32)16-5-3-6-18-22(16)29-12-28-18/h8-10,12,15-16,19-20H,1-7,11H2,(H,28,29)(H,30,32). The van der Waals surface area contributed by atoms with E-state index in [9.17, 15) is 14.0 Å². The second kappa shape index (κ2) is 8.52. The molecule has 34 heavy (non-hydrogen) atoms. The molecule has 6 rings (SSSR count). The number of imidazole rings is 1. The summed E-state index contributed by atoms with van der Waals surface area (Å²) >= 11 is 3.29. The fourth-order valence-electron chi connectivity index (χ4n) is 6.18. The van der Waals surface area contributed by atoms with E-state index in [1.807, 2.05) is 4.90 Å². The number of H-pyrrole nitrogens is 1. The van der Waals surface area contributed by atoms with Gasteiger partial charge >= 0.3 is 0 Å². The van der Waals surface area contributed by atoms with E-state index in [1.165, 1.54) is 6.07 Å². The highest BCUT2D eigenvalue weighted by Crippen LogP contribution is 2.39. The molecule has 0 radical (unpaired) electrons. The molecule has 1 saturated carbocycles. The van der Waals surface area contributed by atoms with E-state index in [0.29, 0.717) is 16.4 Å². The van der Waals surface area contributed by atoms with Gasteiger partial charge in [0.25, 0.3) is 5.91 Å². The van der Waals surface area contributed by atoms with Crippen LogP contribution >= 0.6 is 15.9 Å². The van der Waals surface area contributed by atoms with Crippen molar-refractivity contribution in [3.05, 3.63) is 52.0 Å². The second-order valence-electron chi connectivity index (χ2n) is 9.72. The monoisotopic (exact) mass is 528 g/mol. The van der Waals surface area contributed by atoms with E-state index in [1.54, 1.807) is 18.5 Å². The van der Waals surface area contributed by atoms with Gasteiger partial charge in [0.2, 0.25) is 5.91 Å². The van der Waals surface area contributed by atoms with Crippen molar-refractivity contribution in [1.29, 1.82) is 0 Å². The average molecular weight is 529 g/mol. The van der Waals surface area contributed by atoms with Gasteiger partial charge in [0.1, 0.15) is 0 Å². The largest absolute Gasteiger partial charge is 0.448 e. The summed E-state index contributed by atoms with van der Waals surface area (Å²) in [6.07, 6.45) is 8.33. The zero-order chi connectivity index (χ0) is 23.4. The van der Waals surface area contributed by atoms with Crippen LogP contribution in [0.2, 0.25) is 0 Å². The van der Waals surface area contributed by atoms with E-state index < -0.39 is 5.82 Å². The molecule has 1 aliphatic heterocycles. The summed E-state index contributed by atoms with van der Waals surface area (Å²) in [5.41, 5.74) is 1.99. The van der Waals surface area contributed by atoms with Gasteiger partial charge in [0.15, 0.2) is 17.2 Å². The number of nitrogens with one attached hydrogen (secondary N) is 2. The van der Waals surface area contributed by atoms with Crippen LogP contribution in [0.5, 0.6) is 0 Å². The molecule has 3 heterocycles. The molecule has 178 valence electrons. The zero-order valence-corrected chi connectivity index (χ0v) is 20.2. The van der Waals surface area contributed by atoms with Crippen molar-refractivity contribution in [2.45, 2.75) is 62.9 Å². The lowest BCUT2D eigenvalue weighted by Crippen LogP contribution is -2.44. The number of aromatic nitrogens is 2. The third-order valence-corrected chi connectivity index (χ3v) is 8.20. The number of aryl methyl sites for hydroxylation is 1. The van der Waals surface area contributed by atoms with Gasteiger partial charge in [-0.15, -0.1) is 0 Å². The minimum absolute atomic E-state index is 0.00710. The summed E-state index contributed by atoms with van der Waals surface area (Å²) < 4.78 is 20.6. The normalized spacial score (nSPS) is 26.4. The number of hydrogen-bond donors (Lipinski definition) is 2. The van der Waals surface area contributed by atoms with Gasteiger partial charge in [-0.25, -0.2) is 9.37 Å². The first-order chi connectivity index (χ1) is 16.5. The highest BCUT2D eigenvalue weighted by atomic mass is 79.9. The van der Waals surface area contributed by atoms with Crippen LogP contribution in [-0.4, -0.2) is 45.3 Å². The maximum absolute atomic E-state index is 14.3. The van der Waals surface area contributed by atoms with Crippen LogP contribution in [0.4, 0.5) is 4.39 Å². The second-order valence-corrected chi connectivity index (χ2v) is 10.6. The van der Waals surface area contributed by atoms with Crippen molar-refractivity contribution in [3.63, 3.8) is 0 Å². The van der Waals surface area contributed by atoms with Gasteiger partial charge in [-0.3, -0.25) is 9.59 Å². The van der Waals surface area contributed by atoms with E-state index in [-0.39, 0.29) is 47.1 Å². The topological polar surface area (TPSA) is 91.2 Å². The Labute approximate surface area is 204 Å². The van der Waals surface area contributed by atoms with Crippen LogP contribution in [0.3, 0.4) is 0 Å². The summed E-state index contributed by atoms with van der Waals surface area (Å²) in [7, 11) is 0. The fourth-order valence-corrected chi connectivity index (χ4v) is 6.63. The summed E-state index contributed by atoms with van der Waals surface area (Å²) in [6, 6.07) is 4.61. The zero-order valence-electron chi connectivity index (χ0n) is 18.7. The highest BCUT2D eigenvalue weighted by Gasteiger charge is 2.46. The molecule has 0 spiro atoms. The Hall–Kier alpha value is -2.68. The number of furan rings is 1. The third kappa shape index (κ3) is 3.65. The van der Waals surface area contributed by atoms with E-state index in [0.717, 1.165) is 56.3 Å². The minimum Gasteiger partial charge on any atom is -0.448 e. The van der Waals surface area contributed by atoms with Gasteiger partial charge in [-0.05, 0) is 50.3 Å². The number of rotatable bonds is 3. The SMILES string of the molecule is O=C(NC1CN(C(=O)c2cc3cc(Br)cc(F)c3o2)C2CCCCC12)C1CCCc2[nH]cnc21. The number of hydrogen-bond acceptors (Lipinski definition) is 4. The Kier molecular flexibility index (Phi) is 5.47. The molecular formula is C25H26BrFN4O3. The molecule has 2 aliphatic carbocycles. The smallest absolute Gasteiger partial charge is 0.289 e. The Bertz CT molecular complexity index is 1270. The van der Waals surface area contributed by atoms with E-state index >= 15 is 0 Å². The lowest BCUT2D eigenvalue weighted by molar-refractivity contribution is -0.123. The first-order valence-corrected chi connectivity index (χ1v) is 12.8. The van der Waals surface area contributed by atoms with Crippen molar-refractivity contribution in [2.75, 3.05) is 6.54 Å². The van der Waals surface area contributed by atoms with Crippen molar-refractivity contribution in [2.24, 2.45) is 5.92 Å². The first-order valence-electron chi connectivity index (χ1n) is 12.0. The Balaban J connectivity index is 1.24. The molecule has 2 fully saturated rings. The van der Waals surface area contributed by atoms with Gasteiger partial charge in [-0.2, -0.15) is 0 Å². The highest BCUT2D eigenvalue weighted by molar-refractivity contribution is 9.10. The van der Waals surface area contributed by atoms with Crippen LogP contribution in [0.25, 0.3) is 11.0 Å². The Morgan fingerprint density at radius 2 is 2.03 bits per heavy atom. The number of benzene rings is 1. The van der Waals surface area contributed by atoms with Crippen LogP contribution in [-0.2, 0) is 11.2 Å². The molecule has 4 unspecified atom stereocenters. The lowest BCUT2D eigenvalue weighted by atomic mass is 9.82. The number of halogens is 2. The van der Waals surface area contributed by atoms with Crippen LogP contribution in [0.15, 0.2) is 33.4 Å². The fraction of sp³-hybridized carbons (Fsp3) is 0.480. The Morgan fingerprint density at radius 3 is 2.91 bits per heavy atom. The molecule has 3 aliphatic rings. The molecule has 7 nitrogen and oxygen atoms in total. The quantitative estimate of drug-likeness (QED) is 0.516. The lowest BCUT2D eigenvalue weighted by Gasteiger charge is -2.32.